The zero-order valence-electron chi connectivity index (χ0n) is 14.1. The molecule has 1 N–H and O–H groups in total. The van der Waals surface area contributed by atoms with Crippen LogP contribution in [0.5, 0.6) is 0 Å². The molecule has 0 saturated heterocycles. The van der Waals surface area contributed by atoms with Crippen molar-refractivity contribution in [3.63, 3.8) is 0 Å². The molecule has 0 unspecified atom stereocenters. The van der Waals surface area contributed by atoms with Gasteiger partial charge in [-0.3, -0.25) is 29.3 Å². The van der Waals surface area contributed by atoms with E-state index in [4.69, 9.17) is 9.90 Å². The number of rotatable bonds is 3. The number of nitro groups is 1. The third-order valence-corrected chi connectivity index (χ3v) is 3.57. The van der Waals surface area contributed by atoms with E-state index >= 15 is 0 Å². The molecular formula is C17H19NO7. The molecule has 1 aromatic carbocycles. The lowest BCUT2D eigenvalue weighted by molar-refractivity contribution is -0.384. The first kappa shape index (κ1) is 20.1. The van der Waals surface area contributed by atoms with Gasteiger partial charge in [-0.2, -0.15) is 0 Å². The van der Waals surface area contributed by atoms with Crippen LogP contribution >= 0.6 is 0 Å². The van der Waals surface area contributed by atoms with Crippen LogP contribution in [-0.4, -0.2) is 33.3 Å². The number of carbonyl (C=O) groups excluding carboxylic acids is 3. The van der Waals surface area contributed by atoms with Gasteiger partial charge in [-0.1, -0.05) is 13.8 Å². The molecule has 0 heterocycles. The summed E-state index contributed by atoms with van der Waals surface area (Å²) in [6.45, 7) is 4.71. The molecule has 134 valence electrons. The van der Waals surface area contributed by atoms with Gasteiger partial charge in [0.1, 0.15) is 5.92 Å². The minimum Gasteiger partial charge on any atom is -0.481 e. The van der Waals surface area contributed by atoms with Gasteiger partial charge in [0.2, 0.25) is 0 Å². The normalized spacial score (nSPS) is 16.6. The Morgan fingerprint density at radius 2 is 1.52 bits per heavy atom. The summed E-state index contributed by atoms with van der Waals surface area (Å²) in [5.41, 5.74) is -0.415. The number of nitrogens with zero attached hydrogens (tertiary/aromatic N) is 1. The Kier molecular flexibility index (Phi) is 6.27. The van der Waals surface area contributed by atoms with E-state index < -0.39 is 28.0 Å². The highest BCUT2D eigenvalue weighted by Crippen LogP contribution is 2.35. The second-order valence-electron chi connectivity index (χ2n) is 6.57. The molecule has 2 rings (SSSR count). The molecule has 0 spiro atoms. The van der Waals surface area contributed by atoms with Crippen molar-refractivity contribution in [2.24, 2.45) is 11.3 Å². The van der Waals surface area contributed by atoms with Crippen LogP contribution in [0.2, 0.25) is 0 Å². The maximum Gasteiger partial charge on any atom is 0.300 e. The molecule has 0 bridgehead atoms. The van der Waals surface area contributed by atoms with Gasteiger partial charge in [0.25, 0.3) is 11.7 Å². The monoisotopic (exact) mass is 349 g/mol. The SMILES string of the molecule is CC(=O)O.CC1(C)CC(=O)C(C(=O)c2ccc([N+](=O)[O-])cc2)C(=O)C1. The predicted octanol–water partition coefficient (Wildman–Crippen LogP) is 2.44. The summed E-state index contributed by atoms with van der Waals surface area (Å²) < 4.78 is 0. The van der Waals surface area contributed by atoms with E-state index in [-0.39, 0.29) is 35.7 Å². The number of nitro benzene ring substituents is 1. The third-order valence-electron chi connectivity index (χ3n) is 3.57. The summed E-state index contributed by atoms with van der Waals surface area (Å²) in [5.74, 6) is -3.42. The molecule has 0 radical (unpaired) electrons. The fourth-order valence-corrected chi connectivity index (χ4v) is 2.60. The Bertz CT molecular complexity index is 695. The number of hydrogen-bond donors (Lipinski definition) is 1. The van der Waals surface area contributed by atoms with Gasteiger partial charge >= 0.3 is 0 Å². The highest BCUT2D eigenvalue weighted by molar-refractivity contribution is 6.25. The smallest absolute Gasteiger partial charge is 0.300 e. The van der Waals surface area contributed by atoms with Crippen molar-refractivity contribution in [2.75, 3.05) is 0 Å². The van der Waals surface area contributed by atoms with Gasteiger partial charge in [-0.15, -0.1) is 0 Å². The maximum absolute atomic E-state index is 12.3. The maximum atomic E-state index is 12.3. The zero-order valence-corrected chi connectivity index (χ0v) is 14.1. The minimum atomic E-state index is -1.26. The van der Waals surface area contributed by atoms with E-state index in [9.17, 15) is 24.5 Å². The summed E-state index contributed by atoms with van der Waals surface area (Å²) in [6, 6.07) is 4.94. The Balaban J connectivity index is 0.000000705. The van der Waals surface area contributed by atoms with E-state index in [1.54, 1.807) is 0 Å². The average Bonchev–Trinajstić information content (AvgIpc) is 2.44. The summed E-state index contributed by atoms with van der Waals surface area (Å²) in [6.07, 6.45) is 0.365. The van der Waals surface area contributed by atoms with Crippen molar-refractivity contribution in [2.45, 2.75) is 33.6 Å². The number of carbonyl (C=O) groups is 4. The van der Waals surface area contributed by atoms with E-state index in [1.165, 1.54) is 24.3 Å². The molecule has 0 aliphatic heterocycles. The molecule has 8 nitrogen and oxygen atoms in total. The largest absolute Gasteiger partial charge is 0.481 e. The second-order valence-corrected chi connectivity index (χ2v) is 6.57. The van der Waals surface area contributed by atoms with Gasteiger partial charge < -0.3 is 5.11 Å². The molecule has 1 aromatic rings. The van der Waals surface area contributed by atoms with Crippen molar-refractivity contribution in [1.29, 1.82) is 0 Å². The standard InChI is InChI=1S/C15H15NO5.C2H4O2/c1-15(2)7-11(17)13(12(18)8-15)14(19)9-3-5-10(6-4-9)16(20)21;1-2(3)4/h3-6,13H,7-8H2,1-2H3;1H3,(H,3,4). The first-order chi connectivity index (χ1) is 11.4. The number of ketones is 3. The van der Waals surface area contributed by atoms with Crippen molar-refractivity contribution >= 4 is 29.0 Å². The van der Waals surface area contributed by atoms with Gasteiger partial charge in [-0.25, -0.2) is 0 Å². The molecular weight excluding hydrogens is 330 g/mol. The molecule has 0 aromatic heterocycles. The van der Waals surface area contributed by atoms with Crippen molar-refractivity contribution in [1.82, 2.24) is 0 Å². The predicted molar refractivity (Wildman–Crippen MR) is 87.3 cm³/mol. The summed E-state index contributed by atoms with van der Waals surface area (Å²) in [7, 11) is 0. The lowest BCUT2D eigenvalue weighted by Gasteiger charge is -2.31. The number of benzene rings is 1. The topological polar surface area (TPSA) is 132 Å². The lowest BCUT2D eigenvalue weighted by atomic mass is 9.70. The van der Waals surface area contributed by atoms with Gasteiger partial charge in [0, 0.05) is 37.5 Å². The van der Waals surface area contributed by atoms with Crippen LogP contribution in [0.3, 0.4) is 0 Å². The highest BCUT2D eigenvalue weighted by atomic mass is 16.6. The molecule has 1 fully saturated rings. The van der Waals surface area contributed by atoms with Gasteiger partial charge in [-0.05, 0) is 17.5 Å². The van der Waals surface area contributed by atoms with Crippen molar-refractivity contribution in [3.8, 4) is 0 Å². The number of carboxylic acids is 1. The number of aliphatic carboxylic acids is 1. The van der Waals surface area contributed by atoms with E-state index in [1.807, 2.05) is 13.8 Å². The molecule has 1 aliphatic rings. The zero-order chi connectivity index (χ0) is 19.4. The van der Waals surface area contributed by atoms with Crippen LogP contribution in [0.1, 0.15) is 44.0 Å². The van der Waals surface area contributed by atoms with Crippen LogP contribution in [0, 0.1) is 21.4 Å². The molecule has 8 heteroatoms. The van der Waals surface area contributed by atoms with Crippen LogP contribution < -0.4 is 0 Å². The fraction of sp³-hybridized carbons (Fsp3) is 0.412. The van der Waals surface area contributed by atoms with Crippen molar-refractivity contribution < 1.29 is 29.2 Å². The lowest BCUT2D eigenvalue weighted by Crippen LogP contribution is -2.41. The Hall–Kier alpha value is -2.90. The van der Waals surface area contributed by atoms with Gasteiger partial charge in [0.05, 0.1) is 4.92 Å². The van der Waals surface area contributed by atoms with Crippen molar-refractivity contribution in [3.05, 3.63) is 39.9 Å². The third kappa shape index (κ3) is 5.59. The molecule has 1 saturated carbocycles. The second kappa shape index (κ2) is 7.78. The minimum absolute atomic E-state index is 0.144. The molecule has 0 atom stereocenters. The van der Waals surface area contributed by atoms with Crippen LogP contribution in [-0.2, 0) is 14.4 Å². The quantitative estimate of drug-likeness (QED) is 0.383. The number of hydrogen-bond acceptors (Lipinski definition) is 6. The number of Topliss-reactive ketones (excluding diaryl/α,β-unsaturated/α-hetero) is 3. The van der Waals surface area contributed by atoms with Crippen LogP contribution in [0.25, 0.3) is 0 Å². The molecule has 1 aliphatic carbocycles. The molecule has 25 heavy (non-hydrogen) atoms. The summed E-state index contributed by atoms with van der Waals surface area (Å²) >= 11 is 0. The highest BCUT2D eigenvalue weighted by Gasteiger charge is 2.43. The number of non-ortho nitro benzene ring substituents is 1. The van der Waals surface area contributed by atoms with E-state index in [0.29, 0.717) is 0 Å². The Morgan fingerprint density at radius 3 is 1.88 bits per heavy atom. The first-order valence-electron chi connectivity index (χ1n) is 7.48. The van der Waals surface area contributed by atoms with Crippen LogP contribution in [0.4, 0.5) is 5.69 Å². The summed E-state index contributed by atoms with van der Waals surface area (Å²) in [5, 5.41) is 18.0. The number of carboxylic acid groups (broad SMARTS) is 1. The van der Waals surface area contributed by atoms with E-state index in [2.05, 4.69) is 0 Å². The Morgan fingerprint density at radius 1 is 1.12 bits per heavy atom. The first-order valence-corrected chi connectivity index (χ1v) is 7.48. The fourth-order valence-electron chi connectivity index (χ4n) is 2.60. The average molecular weight is 349 g/mol. The van der Waals surface area contributed by atoms with E-state index in [0.717, 1.165) is 6.92 Å². The summed E-state index contributed by atoms with van der Waals surface area (Å²) in [4.78, 5) is 55.4. The molecule has 0 amide bonds. The Labute approximate surface area is 144 Å². The van der Waals surface area contributed by atoms with Gasteiger partial charge in [0.15, 0.2) is 17.3 Å². The van der Waals surface area contributed by atoms with Crippen LogP contribution in [0.15, 0.2) is 24.3 Å².